The summed E-state index contributed by atoms with van der Waals surface area (Å²) in [7, 11) is 0. The average molecular weight is 120 g/mol. The van der Waals surface area contributed by atoms with Gasteiger partial charge in [0.05, 0.1) is 0 Å². The molecule has 0 N–H and O–H groups in total. The summed E-state index contributed by atoms with van der Waals surface area (Å²) in [5.41, 5.74) is 0. The van der Waals surface area contributed by atoms with Gasteiger partial charge in [-0.25, -0.2) is 0 Å². The fourth-order valence-electron chi connectivity index (χ4n) is 0.831. The summed E-state index contributed by atoms with van der Waals surface area (Å²) in [6.07, 6.45) is 16.5. The lowest BCUT2D eigenvalue weighted by Gasteiger charge is -1.85. The van der Waals surface area contributed by atoms with E-state index in [2.05, 4.69) is 36.5 Å². The van der Waals surface area contributed by atoms with Crippen molar-refractivity contribution in [2.24, 2.45) is 0 Å². The summed E-state index contributed by atoms with van der Waals surface area (Å²) >= 11 is 0. The van der Waals surface area contributed by atoms with Crippen LogP contribution in [0.3, 0.4) is 0 Å². The minimum Gasteiger partial charge on any atom is -0.0845 e. The third kappa shape index (κ3) is 2.91. The van der Waals surface area contributed by atoms with Gasteiger partial charge in [0.2, 0.25) is 0 Å². The van der Waals surface area contributed by atoms with Gasteiger partial charge in [-0.15, -0.1) is 0 Å². The van der Waals surface area contributed by atoms with Gasteiger partial charge in [-0.1, -0.05) is 36.5 Å². The van der Waals surface area contributed by atoms with E-state index in [1.807, 2.05) is 0 Å². The second-order valence-electron chi connectivity index (χ2n) is 2.17. The van der Waals surface area contributed by atoms with Crippen LogP contribution in [0.2, 0.25) is 0 Å². The molecule has 1 aliphatic carbocycles. The third-order valence-electron chi connectivity index (χ3n) is 1.35. The van der Waals surface area contributed by atoms with E-state index in [1.54, 1.807) is 0 Å². The van der Waals surface area contributed by atoms with E-state index in [0.717, 1.165) is 0 Å². The van der Waals surface area contributed by atoms with Gasteiger partial charge < -0.3 is 0 Å². The first-order chi connectivity index (χ1) is 4.50. The first-order valence-corrected chi connectivity index (χ1v) is 3.48. The Bertz CT molecular complexity index is 122. The zero-order chi connectivity index (χ0) is 6.36. The topological polar surface area (TPSA) is 0 Å². The Balaban J connectivity index is 2.45. The Kier molecular flexibility index (Phi) is 2.91. The molecule has 0 atom stereocenters. The highest BCUT2D eigenvalue weighted by atomic mass is 13.9. The SMILES string of the molecule is C1=CC=CCCCC=C1. The van der Waals surface area contributed by atoms with Crippen LogP contribution in [0.5, 0.6) is 0 Å². The molecule has 0 heterocycles. The Morgan fingerprint density at radius 3 is 1.78 bits per heavy atom. The Morgan fingerprint density at radius 2 is 1.22 bits per heavy atom. The minimum atomic E-state index is 1.22. The van der Waals surface area contributed by atoms with Crippen molar-refractivity contribution >= 4 is 0 Å². The molecule has 0 aromatic heterocycles. The van der Waals surface area contributed by atoms with Gasteiger partial charge in [-0.3, -0.25) is 0 Å². The van der Waals surface area contributed by atoms with Crippen molar-refractivity contribution in [1.82, 2.24) is 0 Å². The van der Waals surface area contributed by atoms with Crippen molar-refractivity contribution in [2.45, 2.75) is 19.3 Å². The number of rotatable bonds is 0. The Labute approximate surface area is 56.6 Å². The summed E-state index contributed by atoms with van der Waals surface area (Å²) in [6, 6.07) is 0. The van der Waals surface area contributed by atoms with Crippen LogP contribution < -0.4 is 0 Å². The van der Waals surface area contributed by atoms with Crippen LogP contribution >= 0.6 is 0 Å². The van der Waals surface area contributed by atoms with Gasteiger partial charge in [-0.2, -0.15) is 0 Å². The molecule has 0 unspecified atom stereocenters. The Hall–Kier alpha value is -0.780. The number of allylic oxidation sites excluding steroid dienone is 6. The summed E-state index contributed by atoms with van der Waals surface area (Å²) in [6.45, 7) is 0. The molecule has 1 rings (SSSR count). The molecule has 0 bridgehead atoms. The van der Waals surface area contributed by atoms with Gasteiger partial charge in [0.25, 0.3) is 0 Å². The van der Waals surface area contributed by atoms with Crippen molar-refractivity contribution in [2.75, 3.05) is 0 Å². The fraction of sp³-hybridized carbons (Fsp3) is 0.333. The van der Waals surface area contributed by atoms with E-state index >= 15 is 0 Å². The maximum Gasteiger partial charge on any atom is -0.0345 e. The first kappa shape index (κ1) is 6.34. The molecular formula is C9H12. The summed E-state index contributed by atoms with van der Waals surface area (Å²) in [5, 5.41) is 0. The summed E-state index contributed by atoms with van der Waals surface area (Å²) < 4.78 is 0. The smallest absolute Gasteiger partial charge is 0.0345 e. The fourth-order valence-corrected chi connectivity index (χ4v) is 0.831. The Morgan fingerprint density at radius 1 is 0.667 bits per heavy atom. The molecule has 0 saturated carbocycles. The number of hydrogen-bond donors (Lipinski definition) is 0. The maximum atomic E-state index is 2.21. The van der Waals surface area contributed by atoms with Crippen LogP contribution in [0.25, 0.3) is 0 Å². The quantitative estimate of drug-likeness (QED) is 0.461. The van der Waals surface area contributed by atoms with E-state index in [4.69, 9.17) is 0 Å². The van der Waals surface area contributed by atoms with Gasteiger partial charge >= 0.3 is 0 Å². The maximum absolute atomic E-state index is 2.21. The third-order valence-corrected chi connectivity index (χ3v) is 1.35. The van der Waals surface area contributed by atoms with Crippen LogP contribution in [-0.4, -0.2) is 0 Å². The monoisotopic (exact) mass is 120 g/mol. The number of hydrogen-bond acceptors (Lipinski definition) is 0. The largest absolute Gasteiger partial charge is 0.0845 e. The molecular weight excluding hydrogens is 108 g/mol. The van der Waals surface area contributed by atoms with Crippen molar-refractivity contribution in [3.05, 3.63) is 36.5 Å². The molecule has 48 valence electrons. The second kappa shape index (κ2) is 4.13. The normalized spacial score (nSPS) is 18.7. The molecule has 0 amide bonds. The molecule has 0 fully saturated rings. The van der Waals surface area contributed by atoms with Gasteiger partial charge in [0.1, 0.15) is 0 Å². The predicted molar refractivity (Wildman–Crippen MR) is 41.3 cm³/mol. The predicted octanol–water partition coefficient (Wildman–Crippen LogP) is 2.84. The minimum absolute atomic E-state index is 1.22. The van der Waals surface area contributed by atoms with Crippen molar-refractivity contribution in [3.63, 3.8) is 0 Å². The zero-order valence-electron chi connectivity index (χ0n) is 5.59. The highest BCUT2D eigenvalue weighted by molar-refractivity contribution is 5.12. The molecule has 0 nitrogen and oxygen atoms in total. The highest BCUT2D eigenvalue weighted by Crippen LogP contribution is 2.00. The van der Waals surface area contributed by atoms with Gasteiger partial charge in [0.15, 0.2) is 0 Å². The molecule has 0 spiro atoms. The molecule has 0 aromatic rings. The summed E-state index contributed by atoms with van der Waals surface area (Å²) in [5.74, 6) is 0. The average Bonchev–Trinajstić information content (AvgIpc) is 2.00. The van der Waals surface area contributed by atoms with Crippen LogP contribution in [0.15, 0.2) is 36.5 Å². The van der Waals surface area contributed by atoms with Gasteiger partial charge in [0, 0.05) is 0 Å². The van der Waals surface area contributed by atoms with Gasteiger partial charge in [-0.05, 0) is 19.3 Å². The lowest BCUT2D eigenvalue weighted by atomic mass is 10.2. The van der Waals surface area contributed by atoms with Crippen molar-refractivity contribution < 1.29 is 0 Å². The van der Waals surface area contributed by atoms with Crippen LogP contribution in [0.4, 0.5) is 0 Å². The van der Waals surface area contributed by atoms with E-state index in [-0.39, 0.29) is 0 Å². The zero-order valence-corrected chi connectivity index (χ0v) is 5.59. The molecule has 9 heavy (non-hydrogen) atoms. The molecule has 0 aromatic carbocycles. The molecule has 0 aliphatic heterocycles. The van der Waals surface area contributed by atoms with Crippen LogP contribution in [0.1, 0.15) is 19.3 Å². The second-order valence-corrected chi connectivity index (χ2v) is 2.17. The highest BCUT2D eigenvalue weighted by Gasteiger charge is 1.79. The summed E-state index contributed by atoms with van der Waals surface area (Å²) in [4.78, 5) is 0. The van der Waals surface area contributed by atoms with Crippen LogP contribution in [0, 0.1) is 0 Å². The van der Waals surface area contributed by atoms with Crippen molar-refractivity contribution in [3.8, 4) is 0 Å². The first-order valence-electron chi connectivity index (χ1n) is 3.48. The molecule has 1 aliphatic rings. The molecule has 0 heteroatoms. The van der Waals surface area contributed by atoms with E-state index in [9.17, 15) is 0 Å². The van der Waals surface area contributed by atoms with E-state index in [1.165, 1.54) is 19.3 Å². The standard InChI is InChI=1S/C9H12/c1-2-4-6-8-9-7-5-3-1/h1-6H,7-9H2. The van der Waals surface area contributed by atoms with Crippen LogP contribution in [-0.2, 0) is 0 Å². The van der Waals surface area contributed by atoms with E-state index in [0.29, 0.717) is 0 Å². The van der Waals surface area contributed by atoms with E-state index < -0.39 is 0 Å². The van der Waals surface area contributed by atoms with Crippen molar-refractivity contribution in [1.29, 1.82) is 0 Å². The molecule has 0 radical (unpaired) electrons. The molecule has 0 saturated heterocycles. The lowest BCUT2D eigenvalue weighted by Crippen LogP contribution is -1.65. The lowest BCUT2D eigenvalue weighted by molar-refractivity contribution is 0.869.